The maximum atomic E-state index is 13.7. The SMILES string of the molecule is CN(C[C@@]1(c2cccc(Cl)c2)C[C@H]1CN1CCC(c2nnc(Cc3ccccc3)o2)CC1)S(=O)(=O)c1ccc(-c2ccon2)s1. The van der Waals surface area contributed by atoms with Crippen LogP contribution in [0.5, 0.6) is 0 Å². The van der Waals surface area contributed by atoms with Gasteiger partial charge in [0.25, 0.3) is 10.0 Å². The Kier molecular flexibility index (Phi) is 8.39. The maximum Gasteiger partial charge on any atom is 0.252 e. The van der Waals surface area contributed by atoms with Crippen LogP contribution in [0.2, 0.25) is 5.02 Å². The van der Waals surface area contributed by atoms with Gasteiger partial charge >= 0.3 is 0 Å². The molecule has 0 bridgehead atoms. The molecule has 7 rings (SSSR count). The van der Waals surface area contributed by atoms with E-state index in [0.717, 1.165) is 60.8 Å². The Balaban J connectivity index is 1.01. The molecule has 234 valence electrons. The first-order valence-corrected chi connectivity index (χ1v) is 17.8. The number of benzene rings is 2. The molecule has 2 atom stereocenters. The van der Waals surface area contributed by atoms with Crippen LogP contribution >= 0.6 is 22.9 Å². The van der Waals surface area contributed by atoms with Gasteiger partial charge in [-0.2, -0.15) is 4.31 Å². The maximum absolute atomic E-state index is 13.7. The van der Waals surface area contributed by atoms with Crippen molar-refractivity contribution >= 4 is 33.0 Å². The number of nitrogens with zero attached hydrogens (tertiary/aromatic N) is 5. The standard InChI is InChI=1S/C33H34ClN5O4S2/c1-38(45(40,41)31-11-10-29(44-31)28-14-17-42-37-28)22-33(25-8-5-9-27(34)19-25)20-26(33)21-39-15-12-24(13-16-39)32-36-35-30(43-32)18-23-6-3-2-4-7-23/h2-11,14,17,19,24,26H,12-13,15-16,18,20-22H2,1H3/t26-,33+/m0/s1. The molecule has 1 saturated carbocycles. The number of hydrogen-bond donors (Lipinski definition) is 0. The monoisotopic (exact) mass is 663 g/mol. The molecule has 2 fully saturated rings. The van der Waals surface area contributed by atoms with Crippen LogP contribution in [-0.2, 0) is 21.9 Å². The highest BCUT2D eigenvalue weighted by atomic mass is 35.5. The molecule has 0 unspecified atom stereocenters. The van der Waals surface area contributed by atoms with E-state index in [4.69, 9.17) is 20.5 Å². The molecule has 0 spiro atoms. The largest absolute Gasteiger partial charge is 0.425 e. The summed E-state index contributed by atoms with van der Waals surface area (Å²) in [4.78, 5) is 3.24. The lowest BCUT2D eigenvalue weighted by atomic mass is 9.92. The van der Waals surface area contributed by atoms with Gasteiger partial charge in [0.2, 0.25) is 11.8 Å². The fraction of sp³-hybridized carbons (Fsp3) is 0.364. The topological polar surface area (TPSA) is 106 Å². The molecule has 1 saturated heterocycles. The second-order valence-corrected chi connectivity index (χ2v) is 15.9. The lowest BCUT2D eigenvalue weighted by Crippen LogP contribution is -2.39. The van der Waals surface area contributed by atoms with Crippen LogP contribution in [0.15, 0.2) is 92.2 Å². The quantitative estimate of drug-likeness (QED) is 0.158. The summed E-state index contributed by atoms with van der Waals surface area (Å²) >= 11 is 7.64. The summed E-state index contributed by atoms with van der Waals surface area (Å²) in [6, 6.07) is 23.2. The highest BCUT2D eigenvalue weighted by molar-refractivity contribution is 7.91. The number of aromatic nitrogens is 3. The smallest absolute Gasteiger partial charge is 0.252 e. The average Bonchev–Trinajstić information content (AvgIpc) is 3.57. The Morgan fingerprint density at radius 1 is 1.04 bits per heavy atom. The van der Waals surface area contributed by atoms with Crippen molar-refractivity contribution in [3.63, 3.8) is 0 Å². The van der Waals surface area contributed by atoms with E-state index in [0.29, 0.717) is 35.5 Å². The van der Waals surface area contributed by atoms with Crippen molar-refractivity contribution in [1.29, 1.82) is 0 Å². The van der Waals surface area contributed by atoms with Crippen LogP contribution in [-0.4, -0.2) is 66.2 Å². The van der Waals surface area contributed by atoms with Crippen molar-refractivity contribution in [2.75, 3.05) is 33.2 Å². The Labute approximate surface area is 271 Å². The molecule has 3 aromatic heterocycles. The van der Waals surface area contributed by atoms with Crippen molar-refractivity contribution in [3.8, 4) is 10.6 Å². The van der Waals surface area contributed by atoms with E-state index < -0.39 is 10.0 Å². The van der Waals surface area contributed by atoms with Crippen molar-refractivity contribution in [1.82, 2.24) is 24.6 Å². The summed E-state index contributed by atoms with van der Waals surface area (Å²) in [5.74, 6) is 1.94. The molecule has 1 aliphatic carbocycles. The molecule has 0 radical (unpaired) electrons. The summed E-state index contributed by atoms with van der Waals surface area (Å²) in [6.07, 6.45) is 4.91. The van der Waals surface area contributed by atoms with Gasteiger partial charge < -0.3 is 13.8 Å². The second-order valence-electron chi connectivity index (χ2n) is 12.1. The molecule has 5 aromatic rings. The first-order chi connectivity index (χ1) is 21.8. The van der Waals surface area contributed by atoms with E-state index in [1.54, 1.807) is 25.2 Å². The van der Waals surface area contributed by atoms with Gasteiger partial charge in [-0.1, -0.05) is 59.2 Å². The fourth-order valence-electron chi connectivity index (χ4n) is 6.58. The van der Waals surface area contributed by atoms with Crippen molar-refractivity contribution in [2.24, 2.45) is 5.92 Å². The summed E-state index contributed by atoms with van der Waals surface area (Å²) in [7, 11) is -2.03. The van der Waals surface area contributed by atoms with Crippen LogP contribution < -0.4 is 0 Å². The number of likely N-dealkylation sites (tertiary alicyclic amines) is 1. The highest BCUT2D eigenvalue weighted by Gasteiger charge is 2.57. The minimum atomic E-state index is -3.71. The van der Waals surface area contributed by atoms with E-state index in [1.807, 2.05) is 36.4 Å². The Bertz CT molecular complexity index is 1850. The zero-order chi connectivity index (χ0) is 31.0. The molecular weight excluding hydrogens is 630 g/mol. The summed E-state index contributed by atoms with van der Waals surface area (Å²) in [5.41, 5.74) is 2.55. The van der Waals surface area contributed by atoms with Gasteiger partial charge in [-0.15, -0.1) is 21.5 Å². The van der Waals surface area contributed by atoms with Crippen LogP contribution in [0.3, 0.4) is 0 Å². The Hall–Kier alpha value is -3.35. The Morgan fingerprint density at radius 2 is 1.87 bits per heavy atom. The Morgan fingerprint density at radius 3 is 2.62 bits per heavy atom. The third-order valence-electron chi connectivity index (χ3n) is 9.17. The molecule has 0 amide bonds. The number of thiophene rings is 1. The van der Waals surface area contributed by atoms with E-state index in [2.05, 4.69) is 38.5 Å². The number of likely N-dealkylation sites (N-methyl/N-ethyl adjacent to an activating group) is 1. The van der Waals surface area contributed by atoms with Crippen molar-refractivity contribution in [3.05, 3.63) is 107 Å². The molecule has 2 aromatic carbocycles. The van der Waals surface area contributed by atoms with Crippen LogP contribution in [0.1, 0.15) is 48.1 Å². The van der Waals surface area contributed by atoms with E-state index >= 15 is 0 Å². The molecule has 2 aliphatic rings. The molecule has 9 nitrogen and oxygen atoms in total. The van der Waals surface area contributed by atoms with Gasteiger partial charge in [-0.3, -0.25) is 0 Å². The number of rotatable bonds is 11. The first kappa shape index (κ1) is 30.3. The van der Waals surface area contributed by atoms with Crippen molar-refractivity contribution in [2.45, 2.75) is 41.2 Å². The molecule has 45 heavy (non-hydrogen) atoms. The van der Waals surface area contributed by atoms with E-state index in [-0.39, 0.29) is 15.5 Å². The fourth-order valence-corrected chi connectivity index (χ4v) is 9.49. The third-order valence-corrected chi connectivity index (χ3v) is 12.8. The van der Waals surface area contributed by atoms with Gasteiger partial charge in [0.1, 0.15) is 16.2 Å². The molecule has 0 N–H and O–H groups in total. The van der Waals surface area contributed by atoms with Crippen LogP contribution in [0, 0.1) is 5.92 Å². The van der Waals surface area contributed by atoms with Gasteiger partial charge in [0.15, 0.2) is 0 Å². The van der Waals surface area contributed by atoms with Gasteiger partial charge in [-0.05, 0) is 73.7 Å². The number of piperidine rings is 1. The number of halogens is 1. The van der Waals surface area contributed by atoms with E-state index in [9.17, 15) is 8.42 Å². The number of sulfonamides is 1. The highest BCUT2D eigenvalue weighted by Crippen LogP contribution is 2.56. The van der Waals surface area contributed by atoms with E-state index in [1.165, 1.54) is 21.9 Å². The lowest BCUT2D eigenvalue weighted by Gasteiger charge is -2.32. The predicted molar refractivity (Wildman–Crippen MR) is 173 cm³/mol. The molecule has 1 aliphatic heterocycles. The zero-order valence-corrected chi connectivity index (χ0v) is 27.3. The zero-order valence-electron chi connectivity index (χ0n) is 24.9. The molecule has 12 heteroatoms. The van der Waals surface area contributed by atoms with Crippen LogP contribution in [0.4, 0.5) is 0 Å². The van der Waals surface area contributed by atoms with Crippen LogP contribution in [0.25, 0.3) is 10.6 Å². The second kappa shape index (κ2) is 12.4. The average molecular weight is 664 g/mol. The minimum Gasteiger partial charge on any atom is -0.425 e. The molecule has 4 heterocycles. The predicted octanol–water partition coefficient (Wildman–Crippen LogP) is 6.49. The van der Waals surface area contributed by atoms with Gasteiger partial charge in [-0.25, -0.2) is 8.42 Å². The van der Waals surface area contributed by atoms with Gasteiger partial charge in [0.05, 0.1) is 11.3 Å². The summed E-state index contributed by atoms with van der Waals surface area (Å²) < 4.78 is 40.3. The lowest BCUT2D eigenvalue weighted by molar-refractivity contribution is 0.186. The first-order valence-electron chi connectivity index (χ1n) is 15.1. The summed E-state index contributed by atoms with van der Waals surface area (Å²) in [6.45, 7) is 3.13. The molecular formula is C33H34ClN5O4S2. The number of hydrogen-bond acceptors (Lipinski definition) is 9. The van der Waals surface area contributed by atoms with Crippen molar-refractivity contribution < 1.29 is 17.4 Å². The third kappa shape index (κ3) is 6.37. The van der Waals surface area contributed by atoms with Gasteiger partial charge in [0, 0.05) is 42.6 Å². The summed E-state index contributed by atoms with van der Waals surface area (Å²) in [5, 5.41) is 13.3. The normalized spacial score (nSPS) is 21.0. The minimum absolute atomic E-state index is 0.249.